The topological polar surface area (TPSA) is 49.4 Å². The largest absolute Gasteiger partial charge is 0.341 e. The molecule has 20 heavy (non-hydrogen) atoms. The molecular formula is C16H22N2O2. The van der Waals surface area contributed by atoms with Gasteiger partial charge in [0, 0.05) is 13.1 Å². The van der Waals surface area contributed by atoms with Gasteiger partial charge in [-0.25, -0.2) is 0 Å². The number of amides is 2. The molecule has 1 unspecified atom stereocenters. The minimum Gasteiger partial charge on any atom is -0.341 e. The van der Waals surface area contributed by atoms with Crippen LogP contribution in [-0.2, 0) is 9.59 Å². The zero-order chi connectivity index (χ0) is 14.5. The average Bonchev–Trinajstić information content (AvgIpc) is 2.48. The molecule has 4 heteroatoms. The van der Waals surface area contributed by atoms with E-state index in [1.165, 1.54) is 0 Å². The van der Waals surface area contributed by atoms with Crippen LogP contribution in [0.4, 0.5) is 0 Å². The summed E-state index contributed by atoms with van der Waals surface area (Å²) in [7, 11) is 0. The van der Waals surface area contributed by atoms with E-state index in [2.05, 4.69) is 12.2 Å². The molecule has 1 fully saturated rings. The van der Waals surface area contributed by atoms with Gasteiger partial charge in [-0.1, -0.05) is 37.3 Å². The van der Waals surface area contributed by atoms with Crippen molar-refractivity contribution in [3.8, 4) is 0 Å². The first-order chi connectivity index (χ1) is 9.58. The van der Waals surface area contributed by atoms with Gasteiger partial charge in [0.2, 0.25) is 0 Å². The van der Waals surface area contributed by atoms with Gasteiger partial charge in [-0.3, -0.25) is 9.59 Å². The third-order valence-electron chi connectivity index (χ3n) is 3.91. The second-order valence-electron chi connectivity index (χ2n) is 5.58. The Bertz CT molecular complexity index is 465. The zero-order valence-electron chi connectivity index (χ0n) is 12.1. The SMILES string of the molecule is CC1CCN(C(=O)C(=O)NC(C)c2ccccc2)CC1. The summed E-state index contributed by atoms with van der Waals surface area (Å²) in [5.41, 5.74) is 1.00. The molecule has 1 heterocycles. The number of hydrogen-bond donors (Lipinski definition) is 1. The van der Waals surface area contributed by atoms with Crippen LogP contribution in [0.3, 0.4) is 0 Å². The van der Waals surface area contributed by atoms with Gasteiger partial charge in [0.15, 0.2) is 0 Å². The molecule has 0 aromatic heterocycles. The predicted octanol–water partition coefficient (Wildman–Crippen LogP) is 2.12. The first kappa shape index (κ1) is 14.6. The van der Waals surface area contributed by atoms with E-state index in [1.54, 1.807) is 4.90 Å². The van der Waals surface area contributed by atoms with Crippen molar-refractivity contribution in [2.24, 2.45) is 5.92 Å². The molecule has 1 aliphatic rings. The van der Waals surface area contributed by atoms with Gasteiger partial charge in [0.25, 0.3) is 0 Å². The Labute approximate surface area is 120 Å². The number of hydrogen-bond acceptors (Lipinski definition) is 2. The van der Waals surface area contributed by atoms with Crippen molar-refractivity contribution in [3.05, 3.63) is 35.9 Å². The lowest BCUT2D eigenvalue weighted by Crippen LogP contribution is -2.46. The van der Waals surface area contributed by atoms with Crippen molar-refractivity contribution in [2.45, 2.75) is 32.7 Å². The molecule has 1 aromatic rings. The maximum atomic E-state index is 12.1. The van der Waals surface area contributed by atoms with E-state index in [-0.39, 0.29) is 6.04 Å². The summed E-state index contributed by atoms with van der Waals surface area (Å²) in [6.45, 7) is 5.44. The van der Waals surface area contributed by atoms with Gasteiger partial charge in [0.05, 0.1) is 6.04 Å². The van der Waals surface area contributed by atoms with Gasteiger partial charge in [0.1, 0.15) is 0 Å². The monoisotopic (exact) mass is 274 g/mol. The number of benzene rings is 1. The standard InChI is InChI=1S/C16H22N2O2/c1-12-8-10-18(11-9-12)16(20)15(19)17-13(2)14-6-4-3-5-7-14/h3-7,12-13H,8-11H2,1-2H3,(H,17,19). The quantitative estimate of drug-likeness (QED) is 0.840. The van der Waals surface area contributed by atoms with Crippen LogP contribution < -0.4 is 5.32 Å². The summed E-state index contributed by atoms with van der Waals surface area (Å²) in [6.07, 6.45) is 1.96. The molecule has 2 rings (SSSR count). The highest BCUT2D eigenvalue weighted by Gasteiger charge is 2.26. The summed E-state index contributed by atoms with van der Waals surface area (Å²) in [4.78, 5) is 25.8. The number of nitrogens with one attached hydrogen (secondary N) is 1. The van der Waals surface area contributed by atoms with Gasteiger partial charge in [-0.15, -0.1) is 0 Å². The number of piperidine rings is 1. The Balaban J connectivity index is 1.90. The van der Waals surface area contributed by atoms with E-state index < -0.39 is 11.8 Å². The lowest BCUT2D eigenvalue weighted by atomic mass is 9.99. The van der Waals surface area contributed by atoms with E-state index in [4.69, 9.17) is 0 Å². The lowest BCUT2D eigenvalue weighted by Gasteiger charge is -2.30. The van der Waals surface area contributed by atoms with Crippen molar-refractivity contribution in [1.82, 2.24) is 10.2 Å². The van der Waals surface area contributed by atoms with Crippen LogP contribution in [-0.4, -0.2) is 29.8 Å². The number of rotatable bonds is 2. The molecule has 0 radical (unpaired) electrons. The molecule has 1 aliphatic heterocycles. The molecule has 0 aliphatic carbocycles. The van der Waals surface area contributed by atoms with E-state index in [1.807, 2.05) is 37.3 Å². The third-order valence-corrected chi connectivity index (χ3v) is 3.91. The fourth-order valence-electron chi connectivity index (χ4n) is 2.44. The Kier molecular flexibility index (Phi) is 4.77. The molecule has 1 N–H and O–H groups in total. The Morgan fingerprint density at radius 3 is 2.40 bits per heavy atom. The maximum Gasteiger partial charge on any atom is 0.311 e. The molecule has 1 saturated heterocycles. The second kappa shape index (κ2) is 6.55. The fraction of sp³-hybridized carbons (Fsp3) is 0.500. The average molecular weight is 274 g/mol. The molecule has 108 valence electrons. The first-order valence-corrected chi connectivity index (χ1v) is 7.22. The third kappa shape index (κ3) is 3.59. The van der Waals surface area contributed by atoms with Crippen LogP contribution in [0, 0.1) is 5.92 Å². The Morgan fingerprint density at radius 1 is 1.20 bits per heavy atom. The van der Waals surface area contributed by atoms with Gasteiger partial charge in [-0.05, 0) is 31.2 Å². The fourth-order valence-corrected chi connectivity index (χ4v) is 2.44. The first-order valence-electron chi connectivity index (χ1n) is 7.22. The summed E-state index contributed by atoms with van der Waals surface area (Å²) >= 11 is 0. The highest BCUT2D eigenvalue weighted by molar-refractivity contribution is 6.35. The van der Waals surface area contributed by atoms with Gasteiger partial charge < -0.3 is 10.2 Å². The van der Waals surface area contributed by atoms with Crippen molar-refractivity contribution in [3.63, 3.8) is 0 Å². The van der Waals surface area contributed by atoms with E-state index in [0.717, 1.165) is 18.4 Å². The zero-order valence-corrected chi connectivity index (χ0v) is 12.1. The molecule has 2 amide bonds. The molecule has 0 bridgehead atoms. The van der Waals surface area contributed by atoms with Crippen LogP contribution in [0.15, 0.2) is 30.3 Å². The van der Waals surface area contributed by atoms with E-state index >= 15 is 0 Å². The highest BCUT2D eigenvalue weighted by atomic mass is 16.2. The summed E-state index contributed by atoms with van der Waals surface area (Å²) in [6, 6.07) is 9.50. The molecule has 0 saturated carbocycles. The normalized spacial score (nSPS) is 17.6. The van der Waals surface area contributed by atoms with Crippen LogP contribution in [0.25, 0.3) is 0 Å². The molecule has 4 nitrogen and oxygen atoms in total. The number of likely N-dealkylation sites (tertiary alicyclic amines) is 1. The highest BCUT2D eigenvalue weighted by Crippen LogP contribution is 2.16. The van der Waals surface area contributed by atoms with Gasteiger partial charge >= 0.3 is 11.8 Å². The Hall–Kier alpha value is -1.84. The lowest BCUT2D eigenvalue weighted by molar-refractivity contribution is -0.147. The van der Waals surface area contributed by atoms with Crippen LogP contribution >= 0.6 is 0 Å². The number of carbonyl (C=O) groups is 2. The Morgan fingerprint density at radius 2 is 1.80 bits per heavy atom. The smallest absolute Gasteiger partial charge is 0.311 e. The van der Waals surface area contributed by atoms with Crippen LogP contribution in [0.1, 0.15) is 38.3 Å². The van der Waals surface area contributed by atoms with E-state index in [9.17, 15) is 9.59 Å². The predicted molar refractivity (Wildman–Crippen MR) is 78.0 cm³/mol. The van der Waals surface area contributed by atoms with Crippen LogP contribution in [0.5, 0.6) is 0 Å². The van der Waals surface area contributed by atoms with Crippen molar-refractivity contribution in [2.75, 3.05) is 13.1 Å². The minimum atomic E-state index is -0.504. The molecule has 1 atom stereocenters. The van der Waals surface area contributed by atoms with Crippen molar-refractivity contribution in [1.29, 1.82) is 0 Å². The van der Waals surface area contributed by atoms with E-state index in [0.29, 0.717) is 19.0 Å². The molecular weight excluding hydrogens is 252 g/mol. The molecule has 1 aromatic carbocycles. The summed E-state index contributed by atoms with van der Waals surface area (Å²) < 4.78 is 0. The minimum absolute atomic E-state index is 0.156. The number of nitrogens with zero attached hydrogens (tertiary/aromatic N) is 1. The maximum absolute atomic E-state index is 12.1. The van der Waals surface area contributed by atoms with Crippen LogP contribution in [0.2, 0.25) is 0 Å². The van der Waals surface area contributed by atoms with Crippen molar-refractivity contribution < 1.29 is 9.59 Å². The second-order valence-corrected chi connectivity index (χ2v) is 5.58. The summed E-state index contributed by atoms with van der Waals surface area (Å²) in [5.74, 6) is -0.263. The summed E-state index contributed by atoms with van der Waals surface area (Å²) in [5, 5.41) is 2.77. The van der Waals surface area contributed by atoms with Gasteiger partial charge in [-0.2, -0.15) is 0 Å². The van der Waals surface area contributed by atoms with Crippen molar-refractivity contribution >= 4 is 11.8 Å². The molecule has 0 spiro atoms. The number of carbonyl (C=O) groups excluding carboxylic acids is 2.